The fourth-order valence-electron chi connectivity index (χ4n) is 3.36. The molecule has 0 radical (unpaired) electrons. The van der Waals surface area contributed by atoms with Crippen molar-refractivity contribution in [3.63, 3.8) is 0 Å². The summed E-state index contributed by atoms with van der Waals surface area (Å²) in [5, 5.41) is 10.9. The van der Waals surface area contributed by atoms with Crippen LogP contribution in [0.15, 0.2) is 6.33 Å². The highest BCUT2D eigenvalue weighted by atomic mass is 16.1. The largest absolute Gasteiger partial charge is 0.367 e. The molecule has 130 valence electrons. The second kappa shape index (κ2) is 6.75. The zero-order chi connectivity index (χ0) is 17.3. The van der Waals surface area contributed by atoms with Crippen molar-refractivity contribution < 1.29 is 4.79 Å². The van der Waals surface area contributed by atoms with Crippen molar-refractivity contribution >= 4 is 17.5 Å². The topological polar surface area (TPSA) is 84.2 Å². The maximum absolute atomic E-state index is 12.3. The van der Waals surface area contributed by atoms with Gasteiger partial charge in [-0.15, -0.1) is 0 Å². The van der Waals surface area contributed by atoms with Gasteiger partial charge in [0.1, 0.15) is 12.1 Å². The third kappa shape index (κ3) is 3.34. The van der Waals surface area contributed by atoms with Gasteiger partial charge in [0, 0.05) is 29.3 Å². The molecule has 2 heterocycles. The number of aryl methyl sites for hydroxylation is 1. The minimum atomic E-state index is 0.0770. The number of anilines is 1. The summed E-state index contributed by atoms with van der Waals surface area (Å²) in [5.41, 5.74) is 2.02. The molecular formula is C17H26N6O. The minimum absolute atomic E-state index is 0.0770. The third-order valence-corrected chi connectivity index (χ3v) is 4.72. The number of rotatable bonds is 4. The Morgan fingerprint density at radius 2 is 2.12 bits per heavy atom. The molecule has 0 aromatic carbocycles. The number of nitrogens with one attached hydrogen (secondary N) is 2. The Hall–Kier alpha value is -2.18. The Balaban J connectivity index is 1.78. The van der Waals surface area contributed by atoms with E-state index < -0.39 is 0 Å². The van der Waals surface area contributed by atoms with Gasteiger partial charge in [0.2, 0.25) is 5.91 Å². The molecule has 1 amide bonds. The normalized spacial score (nSPS) is 21.2. The first-order chi connectivity index (χ1) is 11.5. The molecule has 0 unspecified atom stereocenters. The molecule has 0 bridgehead atoms. The zero-order valence-electron chi connectivity index (χ0n) is 14.8. The molecule has 2 aromatic rings. The Kier molecular flexibility index (Phi) is 4.69. The van der Waals surface area contributed by atoms with E-state index in [9.17, 15) is 4.79 Å². The Bertz CT molecular complexity index is 738. The van der Waals surface area contributed by atoms with Crippen LogP contribution >= 0.6 is 0 Å². The fourth-order valence-corrected chi connectivity index (χ4v) is 3.36. The first-order valence-electron chi connectivity index (χ1n) is 8.69. The maximum Gasteiger partial charge on any atom is 0.254 e. The van der Waals surface area contributed by atoms with Gasteiger partial charge in [-0.05, 0) is 47.0 Å². The van der Waals surface area contributed by atoms with Crippen LogP contribution < -0.4 is 10.6 Å². The molecule has 7 nitrogen and oxygen atoms in total. The molecule has 3 rings (SSSR count). The highest BCUT2D eigenvalue weighted by Crippen LogP contribution is 2.28. The molecule has 1 saturated carbocycles. The Labute approximate surface area is 142 Å². The van der Waals surface area contributed by atoms with Crippen LogP contribution in [0.25, 0.3) is 5.78 Å². The van der Waals surface area contributed by atoms with E-state index in [1.807, 2.05) is 27.7 Å². The van der Waals surface area contributed by atoms with Crippen molar-refractivity contribution in [2.75, 3.05) is 5.32 Å². The van der Waals surface area contributed by atoms with Crippen molar-refractivity contribution in [2.24, 2.45) is 5.92 Å². The van der Waals surface area contributed by atoms with E-state index in [2.05, 4.69) is 25.7 Å². The van der Waals surface area contributed by atoms with E-state index in [1.54, 1.807) is 4.52 Å². The van der Waals surface area contributed by atoms with Crippen LogP contribution in [0.1, 0.15) is 50.8 Å². The van der Waals surface area contributed by atoms with Crippen molar-refractivity contribution in [2.45, 2.75) is 65.5 Å². The monoisotopic (exact) mass is 330 g/mol. The first-order valence-corrected chi connectivity index (χ1v) is 8.69. The average Bonchev–Trinajstić information content (AvgIpc) is 2.99. The van der Waals surface area contributed by atoms with Gasteiger partial charge in [0.15, 0.2) is 0 Å². The van der Waals surface area contributed by atoms with Gasteiger partial charge in [-0.1, -0.05) is 6.42 Å². The lowest BCUT2D eigenvalue weighted by Crippen LogP contribution is -2.40. The molecule has 0 saturated heterocycles. The molecule has 2 aromatic heterocycles. The van der Waals surface area contributed by atoms with Gasteiger partial charge in [-0.3, -0.25) is 4.79 Å². The van der Waals surface area contributed by atoms with Crippen molar-refractivity contribution in [1.82, 2.24) is 24.9 Å². The van der Waals surface area contributed by atoms with Gasteiger partial charge >= 0.3 is 0 Å². The lowest BCUT2D eigenvalue weighted by Gasteiger charge is -2.30. The van der Waals surface area contributed by atoms with Crippen LogP contribution in [0.4, 0.5) is 5.82 Å². The van der Waals surface area contributed by atoms with Gasteiger partial charge in [-0.25, -0.2) is 4.98 Å². The SMILES string of the molecule is Cc1nc2ncnn2c(N[C@@H]2CCC[C@H](C(=O)NC(C)C)C2)c1C. The molecular weight excluding hydrogens is 304 g/mol. The zero-order valence-corrected chi connectivity index (χ0v) is 14.8. The van der Waals surface area contributed by atoms with Crippen LogP contribution in [0, 0.1) is 19.8 Å². The Morgan fingerprint density at radius 3 is 2.88 bits per heavy atom. The van der Waals surface area contributed by atoms with Crippen LogP contribution in [-0.4, -0.2) is 37.6 Å². The predicted molar refractivity (Wildman–Crippen MR) is 92.9 cm³/mol. The number of nitrogens with zero attached hydrogens (tertiary/aromatic N) is 4. The number of fused-ring (bicyclic) bond motifs is 1. The molecule has 1 fully saturated rings. The van der Waals surface area contributed by atoms with E-state index >= 15 is 0 Å². The number of hydrogen-bond acceptors (Lipinski definition) is 5. The summed E-state index contributed by atoms with van der Waals surface area (Å²) in [7, 11) is 0. The molecule has 0 spiro atoms. The minimum Gasteiger partial charge on any atom is -0.367 e. The van der Waals surface area contributed by atoms with Crippen LogP contribution in [0.3, 0.4) is 0 Å². The van der Waals surface area contributed by atoms with Crippen LogP contribution in [0.2, 0.25) is 0 Å². The van der Waals surface area contributed by atoms with Crippen molar-refractivity contribution in [3.8, 4) is 0 Å². The van der Waals surface area contributed by atoms with Crippen molar-refractivity contribution in [1.29, 1.82) is 0 Å². The summed E-state index contributed by atoms with van der Waals surface area (Å²) in [4.78, 5) is 21.0. The number of carbonyl (C=O) groups is 1. The Morgan fingerprint density at radius 1 is 1.33 bits per heavy atom. The predicted octanol–water partition coefficient (Wildman–Crippen LogP) is 2.24. The molecule has 2 N–H and O–H groups in total. The van der Waals surface area contributed by atoms with E-state index in [0.717, 1.165) is 42.8 Å². The highest BCUT2D eigenvalue weighted by Gasteiger charge is 2.28. The summed E-state index contributed by atoms with van der Waals surface area (Å²) in [6.07, 6.45) is 5.44. The summed E-state index contributed by atoms with van der Waals surface area (Å²) in [6, 6.07) is 0.445. The lowest BCUT2D eigenvalue weighted by atomic mass is 9.85. The molecule has 24 heavy (non-hydrogen) atoms. The smallest absolute Gasteiger partial charge is 0.254 e. The molecule has 2 atom stereocenters. The number of amides is 1. The maximum atomic E-state index is 12.3. The second-order valence-corrected chi connectivity index (χ2v) is 7.01. The fraction of sp³-hybridized carbons (Fsp3) is 0.647. The molecule has 0 aliphatic heterocycles. The van der Waals surface area contributed by atoms with Gasteiger partial charge in [-0.2, -0.15) is 14.6 Å². The molecule has 1 aliphatic rings. The number of hydrogen-bond donors (Lipinski definition) is 2. The summed E-state index contributed by atoms with van der Waals surface area (Å²) < 4.78 is 1.75. The number of carbonyl (C=O) groups excluding carboxylic acids is 1. The van der Waals surface area contributed by atoms with Crippen LogP contribution in [0.5, 0.6) is 0 Å². The van der Waals surface area contributed by atoms with Gasteiger partial charge < -0.3 is 10.6 Å². The van der Waals surface area contributed by atoms with Crippen molar-refractivity contribution in [3.05, 3.63) is 17.6 Å². The van der Waals surface area contributed by atoms with E-state index in [4.69, 9.17) is 0 Å². The quantitative estimate of drug-likeness (QED) is 0.898. The summed E-state index contributed by atoms with van der Waals surface area (Å²) in [6.45, 7) is 8.02. The van der Waals surface area contributed by atoms with Gasteiger partial charge in [0.05, 0.1) is 0 Å². The standard InChI is InChI=1S/C17H26N6O/c1-10(2)20-16(24)13-6-5-7-14(8-13)22-15-11(3)12(4)21-17-18-9-19-23(15)17/h9-10,13-14,22H,5-8H2,1-4H3,(H,20,24)/t13-,14+/m0/s1. The first kappa shape index (κ1) is 16.7. The number of aromatic nitrogens is 4. The second-order valence-electron chi connectivity index (χ2n) is 7.01. The highest BCUT2D eigenvalue weighted by molar-refractivity contribution is 5.79. The lowest BCUT2D eigenvalue weighted by molar-refractivity contribution is -0.126. The third-order valence-electron chi connectivity index (χ3n) is 4.72. The summed E-state index contributed by atoms with van der Waals surface area (Å²) >= 11 is 0. The van der Waals surface area contributed by atoms with E-state index in [1.165, 1.54) is 6.33 Å². The van der Waals surface area contributed by atoms with Crippen LogP contribution in [-0.2, 0) is 4.79 Å². The van der Waals surface area contributed by atoms with Gasteiger partial charge in [0.25, 0.3) is 5.78 Å². The average molecular weight is 330 g/mol. The van der Waals surface area contributed by atoms with E-state index in [0.29, 0.717) is 5.78 Å². The molecule has 7 heteroatoms. The van der Waals surface area contributed by atoms with E-state index in [-0.39, 0.29) is 23.9 Å². The summed E-state index contributed by atoms with van der Waals surface area (Å²) in [5.74, 6) is 1.79. The molecule has 1 aliphatic carbocycles.